The first-order chi connectivity index (χ1) is 26.8. The van der Waals surface area contributed by atoms with Crippen LogP contribution in [-0.2, 0) is 0 Å². The molecule has 4 aliphatic rings. The number of ether oxygens (including phenoxy) is 2. The van der Waals surface area contributed by atoms with E-state index in [1.807, 2.05) is 0 Å². The van der Waals surface area contributed by atoms with Gasteiger partial charge in [0.2, 0.25) is 0 Å². The van der Waals surface area contributed by atoms with Gasteiger partial charge in [-0.1, -0.05) is 140 Å². The second-order valence-electron chi connectivity index (χ2n) is 14.4. The van der Waals surface area contributed by atoms with Gasteiger partial charge in [0.15, 0.2) is 31.1 Å². The van der Waals surface area contributed by atoms with Gasteiger partial charge in [-0.3, -0.25) is 0 Å². The van der Waals surface area contributed by atoms with Gasteiger partial charge in [0, 0.05) is 11.4 Å². The van der Waals surface area contributed by atoms with Crippen LogP contribution in [0.4, 0.5) is 34.1 Å². The van der Waals surface area contributed by atoms with Crippen LogP contribution >= 0.6 is 0 Å². The Morgan fingerprint density at radius 1 is 0.352 bits per heavy atom. The van der Waals surface area contributed by atoms with Crippen LogP contribution in [0.1, 0.15) is 0 Å². The van der Waals surface area contributed by atoms with Crippen molar-refractivity contribution in [1.82, 2.24) is 0 Å². The lowest BCUT2D eigenvalue weighted by atomic mass is 9.33. The second kappa shape index (κ2) is 11.1. The molecule has 8 aromatic rings. The Kier molecular flexibility index (Phi) is 6.13. The lowest BCUT2D eigenvalue weighted by molar-refractivity contribution is 0.477. The van der Waals surface area contributed by atoms with Crippen molar-refractivity contribution >= 4 is 86.0 Å². The van der Waals surface area contributed by atoms with E-state index in [2.05, 4.69) is 198 Å². The van der Waals surface area contributed by atoms with Crippen LogP contribution in [-0.4, -0.2) is 14.8 Å². The first-order valence-electron chi connectivity index (χ1n) is 18.6. The van der Waals surface area contributed by atoms with Gasteiger partial charge in [-0.25, -0.2) is 0 Å². The van der Waals surface area contributed by atoms with Crippen LogP contribution in [0.3, 0.4) is 0 Å². The Morgan fingerprint density at radius 2 is 0.741 bits per heavy atom. The van der Waals surface area contributed by atoms with Crippen molar-refractivity contribution in [1.29, 1.82) is 0 Å². The zero-order valence-corrected chi connectivity index (χ0v) is 30.2. The largest absolute Gasteiger partial charge is 0.453 e. The highest BCUT2D eigenvalue weighted by molar-refractivity contribution is 7.20. The van der Waals surface area contributed by atoms with E-state index in [0.717, 1.165) is 45.7 Å². The molecule has 0 fully saturated rings. The predicted molar refractivity (Wildman–Crippen MR) is 224 cm³/mol. The molecule has 0 unspecified atom stereocenters. The molecule has 0 saturated heterocycles. The van der Waals surface area contributed by atoms with Crippen LogP contribution in [0.25, 0.3) is 0 Å². The van der Waals surface area contributed by atoms with Crippen LogP contribution in [0, 0.1) is 0 Å². The molecule has 252 valence electrons. The Bertz CT molecular complexity index is 2590. The zero-order valence-electron chi connectivity index (χ0n) is 29.2. The van der Waals surface area contributed by atoms with Crippen LogP contribution in [0.2, 0.25) is 0 Å². The molecule has 0 saturated carbocycles. The topological polar surface area (TPSA) is 24.9 Å². The highest BCUT2D eigenvalue weighted by Crippen LogP contribution is 2.55. The summed E-state index contributed by atoms with van der Waals surface area (Å²) in [6.07, 6.45) is 0. The van der Waals surface area contributed by atoms with E-state index in [9.17, 15) is 0 Å². The van der Waals surface area contributed by atoms with E-state index in [-0.39, 0.29) is 6.71 Å². The minimum atomic E-state index is -2.96. The molecule has 4 nitrogen and oxygen atoms in total. The molecule has 8 aromatic carbocycles. The summed E-state index contributed by atoms with van der Waals surface area (Å²) < 4.78 is 13.5. The number of fused-ring (bicyclic) bond motifs is 8. The van der Waals surface area contributed by atoms with E-state index in [1.54, 1.807) is 0 Å². The van der Waals surface area contributed by atoms with Crippen molar-refractivity contribution in [3.63, 3.8) is 0 Å². The average Bonchev–Trinajstić information content (AvgIpc) is 3.24. The summed E-state index contributed by atoms with van der Waals surface area (Å²) in [5.74, 6) is 3.45. The molecule has 0 atom stereocenters. The smallest absolute Gasteiger partial charge is 0.252 e. The SMILES string of the molecule is c1ccc([Si](c2ccccc2)(c2ccccc2)c2cc3c4c(c2)N2c5ccccc5Oc5cccc(c52)B4c2cccc4c2N3c2ccccc2O4)cc1. The van der Waals surface area contributed by atoms with Crippen molar-refractivity contribution < 1.29 is 9.47 Å². The van der Waals surface area contributed by atoms with E-state index < -0.39 is 8.07 Å². The molecule has 0 aliphatic carbocycles. The number of rotatable bonds is 4. The van der Waals surface area contributed by atoms with Gasteiger partial charge in [0.25, 0.3) is 6.71 Å². The second-order valence-corrected chi connectivity index (χ2v) is 18.2. The van der Waals surface area contributed by atoms with Crippen LogP contribution in [0.15, 0.2) is 188 Å². The van der Waals surface area contributed by atoms with Crippen molar-refractivity contribution in [2.45, 2.75) is 0 Å². The molecule has 54 heavy (non-hydrogen) atoms. The van der Waals surface area contributed by atoms with Gasteiger partial charge in [-0.2, -0.15) is 0 Å². The molecule has 12 rings (SSSR count). The number of hydrogen-bond donors (Lipinski definition) is 0. The van der Waals surface area contributed by atoms with Crippen molar-refractivity contribution in [3.05, 3.63) is 188 Å². The summed E-state index contributed by atoms with van der Waals surface area (Å²) in [5, 5.41) is 5.33. The monoisotopic (exact) mass is 706 g/mol. The van der Waals surface area contributed by atoms with Crippen molar-refractivity contribution in [2.75, 3.05) is 9.80 Å². The number of hydrogen-bond acceptors (Lipinski definition) is 4. The first kappa shape index (κ1) is 29.8. The Hall–Kier alpha value is -6.76. The molecule has 0 bridgehead atoms. The predicted octanol–water partition coefficient (Wildman–Crippen LogP) is 7.36. The molecule has 0 amide bonds. The van der Waals surface area contributed by atoms with Crippen molar-refractivity contribution in [3.8, 4) is 23.0 Å². The summed E-state index contributed by atoms with van der Waals surface area (Å²) in [6.45, 7) is -0.0367. The Balaban J connectivity index is 1.28. The fourth-order valence-electron chi connectivity index (χ4n) is 9.67. The zero-order chi connectivity index (χ0) is 35.4. The molecular formula is C48H31BN2O2Si. The number of anilines is 6. The van der Waals surface area contributed by atoms with E-state index in [4.69, 9.17) is 9.47 Å². The Morgan fingerprint density at radius 3 is 1.19 bits per heavy atom. The Labute approximate surface area is 315 Å². The van der Waals surface area contributed by atoms with E-state index in [1.165, 1.54) is 48.5 Å². The van der Waals surface area contributed by atoms with Gasteiger partial charge in [-0.15, -0.1) is 0 Å². The molecule has 0 aromatic heterocycles. The van der Waals surface area contributed by atoms with Crippen LogP contribution < -0.4 is 56.4 Å². The maximum absolute atomic E-state index is 6.73. The maximum atomic E-state index is 6.73. The van der Waals surface area contributed by atoms with Crippen molar-refractivity contribution in [2.24, 2.45) is 0 Å². The van der Waals surface area contributed by atoms with Gasteiger partial charge in [-0.05, 0) is 85.7 Å². The summed E-state index contributed by atoms with van der Waals surface area (Å²) in [6, 6.07) is 68.7. The molecule has 0 radical (unpaired) electrons. The van der Waals surface area contributed by atoms with Gasteiger partial charge in [0.1, 0.15) is 0 Å². The molecular weight excluding hydrogens is 675 g/mol. The number of para-hydroxylation sites is 6. The third kappa shape index (κ3) is 3.87. The maximum Gasteiger partial charge on any atom is 0.252 e. The highest BCUT2D eigenvalue weighted by atomic mass is 28.3. The molecule has 0 spiro atoms. The van der Waals surface area contributed by atoms with Gasteiger partial charge < -0.3 is 19.3 Å². The fourth-order valence-corrected chi connectivity index (χ4v) is 14.5. The minimum absolute atomic E-state index is 0.0367. The molecule has 6 heteroatoms. The molecule has 0 N–H and O–H groups in total. The molecule has 4 aliphatic heterocycles. The van der Waals surface area contributed by atoms with E-state index in [0.29, 0.717) is 0 Å². The lowest BCUT2D eigenvalue weighted by Crippen LogP contribution is -2.75. The van der Waals surface area contributed by atoms with Gasteiger partial charge >= 0.3 is 0 Å². The average molecular weight is 707 g/mol. The molecule has 4 heterocycles. The van der Waals surface area contributed by atoms with E-state index >= 15 is 0 Å². The van der Waals surface area contributed by atoms with Crippen LogP contribution in [0.5, 0.6) is 23.0 Å². The summed E-state index contributed by atoms with van der Waals surface area (Å²) in [5.41, 5.74) is 10.4. The minimum Gasteiger partial charge on any atom is -0.453 e. The normalized spacial score (nSPS) is 13.7. The third-order valence-corrected chi connectivity index (χ3v) is 16.5. The summed E-state index contributed by atoms with van der Waals surface area (Å²) in [7, 11) is -2.96. The first-order valence-corrected chi connectivity index (χ1v) is 20.6. The standard InChI is InChI=1S/C48H31BN2O2Si/c1-4-16-32(17-5-1)54(33-18-6-2-7-19-33,34-20-8-3-9-21-34)35-30-40-46-41(31-35)51-39-25-11-13-27-43(39)53-45-29-15-23-37(48(45)51)49(46)36-22-14-28-44-47(36)50(40)38-24-10-12-26-42(38)52-44/h1-31H. The van der Waals surface area contributed by atoms with Gasteiger partial charge in [0.05, 0.1) is 22.7 Å². The quantitative estimate of drug-likeness (QED) is 0.141. The number of benzene rings is 8. The summed E-state index contributed by atoms with van der Waals surface area (Å²) in [4.78, 5) is 4.98. The third-order valence-electron chi connectivity index (χ3n) is 11.7. The summed E-state index contributed by atoms with van der Waals surface area (Å²) >= 11 is 0. The fraction of sp³-hybridized carbons (Fsp3) is 0. The lowest BCUT2D eigenvalue weighted by Gasteiger charge is -2.48. The number of nitrogens with zero attached hydrogens (tertiary/aromatic N) is 2. The highest BCUT2D eigenvalue weighted by Gasteiger charge is 2.50.